The molecule has 1 aliphatic heterocycles. The van der Waals surface area contributed by atoms with Crippen molar-refractivity contribution in [1.29, 1.82) is 0 Å². The molecule has 1 aromatic heterocycles. The van der Waals surface area contributed by atoms with Crippen LogP contribution in [-0.4, -0.2) is 64.2 Å². The van der Waals surface area contributed by atoms with Crippen molar-refractivity contribution in [3.05, 3.63) is 58.1 Å². The summed E-state index contributed by atoms with van der Waals surface area (Å²) in [5.41, 5.74) is -0.0784. The van der Waals surface area contributed by atoms with Crippen LogP contribution in [0.4, 0.5) is 10.2 Å². The normalized spacial score (nSPS) is 19.9. The molecule has 33 heavy (non-hydrogen) atoms. The highest BCUT2D eigenvalue weighted by Crippen LogP contribution is 2.30. The van der Waals surface area contributed by atoms with Crippen LogP contribution in [0.15, 0.2) is 41.3 Å². The van der Waals surface area contributed by atoms with Gasteiger partial charge in [0.1, 0.15) is 18.1 Å². The monoisotopic (exact) mass is 480 g/mol. The number of hydrogen-bond donors (Lipinski definition) is 3. The predicted molar refractivity (Wildman–Crippen MR) is 120 cm³/mol. The molecule has 3 atom stereocenters. The minimum atomic E-state index is -1.21. The quantitative estimate of drug-likeness (QED) is 0.430. The van der Waals surface area contributed by atoms with Crippen LogP contribution >= 0.6 is 11.8 Å². The second-order valence-electron chi connectivity index (χ2n) is 7.19. The summed E-state index contributed by atoms with van der Waals surface area (Å²) in [4.78, 5) is 40.7. The standard InChI is InChI=1S/C21H25FN4O6S/c1-33-12-31-15-7-18(32-16(15)11-27)26-10-14(9-23-17(28)8-22)19(25-21(26)30)24-20(29)13-5-3-2-4-6-13/h2-6,10,15-16,18,27H,7-9,11-12H2,1H3,(H,23,28)(H,24,25,29,30). The summed E-state index contributed by atoms with van der Waals surface area (Å²) < 4.78 is 25.3. The van der Waals surface area contributed by atoms with Crippen LogP contribution in [0, 0.1) is 0 Å². The molecule has 2 amide bonds. The van der Waals surface area contributed by atoms with Gasteiger partial charge >= 0.3 is 5.69 Å². The molecule has 0 saturated carbocycles. The van der Waals surface area contributed by atoms with Gasteiger partial charge in [-0.25, -0.2) is 9.18 Å². The maximum absolute atomic E-state index is 12.8. The number of aromatic nitrogens is 2. The zero-order valence-corrected chi connectivity index (χ0v) is 18.7. The number of thioether (sulfide) groups is 1. The first kappa shape index (κ1) is 24.8. The van der Waals surface area contributed by atoms with E-state index in [2.05, 4.69) is 15.6 Å². The molecular formula is C21H25FN4O6S. The van der Waals surface area contributed by atoms with Crippen LogP contribution in [0.5, 0.6) is 0 Å². The van der Waals surface area contributed by atoms with Crippen LogP contribution in [0.1, 0.15) is 28.6 Å². The van der Waals surface area contributed by atoms with Gasteiger partial charge in [-0.1, -0.05) is 18.2 Å². The molecule has 1 aliphatic rings. The van der Waals surface area contributed by atoms with E-state index in [0.29, 0.717) is 17.9 Å². The van der Waals surface area contributed by atoms with E-state index in [1.165, 1.54) is 22.5 Å². The van der Waals surface area contributed by atoms with E-state index < -0.39 is 42.6 Å². The number of carbonyl (C=O) groups excluding carboxylic acids is 2. The molecule has 0 spiro atoms. The molecule has 0 bridgehead atoms. The van der Waals surface area contributed by atoms with Crippen molar-refractivity contribution < 1.29 is 28.6 Å². The number of aliphatic hydroxyl groups is 1. The molecule has 2 heterocycles. The van der Waals surface area contributed by atoms with Crippen LogP contribution in [0.25, 0.3) is 0 Å². The number of ether oxygens (including phenoxy) is 2. The maximum atomic E-state index is 12.8. The summed E-state index contributed by atoms with van der Waals surface area (Å²) in [5, 5.41) is 14.5. The van der Waals surface area contributed by atoms with Crippen LogP contribution < -0.4 is 16.3 Å². The van der Waals surface area contributed by atoms with Crippen molar-refractivity contribution in [3.63, 3.8) is 0 Å². The molecule has 3 N–H and O–H groups in total. The van der Waals surface area contributed by atoms with Crippen molar-refractivity contribution in [3.8, 4) is 0 Å². The van der Waals surface area contributed by atoms with Crippen LogP contribution in [0.3, 0.4) is 0 Å². The van der Waals surface area contributed by atoms with Gasteiger partial charge in [-0.3, -0.25) is 14.2 Å². The number of hydrogen-bond acceptors (Lipinski definition) is 8. The number of anilines is 1. The first-order valence-electron chi connectivity index (χ1n) is 10.1. The molecule has 0 radical (unpaired) electrons. The Labute approximate surface area is 193 Å². The summed E-state index contributed by atoms with van der Waals surface area (Å²) in [6, 6.07) is 8.32. The lowest BCUT2D eigenvalue weighted by atomic mass is 10.2. The third-order valence-corrected chi connectivity index (χ3v) is 5.34. The number of aliphatic hydroxyl groups excluding tert-OH is 1. The molecule has 0 aliphatic carbocycles. The zero-order chi connectivity index (χ0) is 23.8. The lowest BCUT2D eigenvalue weighted by Crippen LogP contribution is -2.32. The Hall–Kier alpha value is -2.80. The lowest BCUT2D eigenvalue weighted by Gasteiger charge is -2.18. The Balaban J connectivity index is 1.88. The summed E-state index contributed by atoms with van der Waals surface area (Å²) in [5.74, 6) is -1.01. The van der Waals surface area contributed by atoms with E-state index in [1.54, 1.807) is 30.3 Å². The molecule has 3 unspecified atom stereocenters. The van der Waals surface area contributed by atoms with Gasteiger partial charge in [0.25, 0.3) is 11.8 Å². The molecule has 1 fully saturated rings. The third-order valence-electron chi connectivity index (χ3n) is 4.96. The third kappa shape index (κ3) is 6.38. The molecule has 1 aromatic carbocycles. The largest absolute Gasteiger partial charge is 0.394 e. The average Bonchev–Trinajstić information content (AvgIpc) is 3.25. The Morgan fingerprint density at radius 1 is 1.36 bits per heavy atom. The van der Waals surface area contributed by atoms with E-state index in [9.17, 15) is 23.9 Å². The van der Waals surface area contributed by atoms with Crippen molar-refractivity contribution in [1.82, 2.24) is 14.9 Å². The van der Waals surface area contributed by atoms with E-state index in [1.807, 2.05) is 6.26 Å². The molecule has 3 rings (SSSR count). The number of benzene rings is 1. The molecule has 1 saturated heterocycles. The number of alkyl halides is 1. The summed E-state index contributed by atoms with van der Waals surface area (Å²) in [6.45, 7) is -1.68. The summed E-state index contributed by atoms with van der Waals surface area (Å²) in [6.07, 6.45) is 1.73. The number of nitrogens with zero attached hydrogens (tertiary/aromatic N) is 2. The van der Waals surface area contributed by atoms with Gasteiger partial charge in [-0.2, -0.15) is 4.98 Å². The number of nitrogens with one attached hydrogen (secondary N) is 2. The fourth-order valence-corrected chi connectivity index (χ4v) is 3.64. The van der Waals surface area contributed by atoms with Gasteiger partial charge < -0.3 is 25.2 Å². The molecule has 178 valence electrons. The fourth-order valence-electron chi connectivity index (χ4n) is 3.33. The van der Waals surface area contributed by atoms with E-state index in [-0.39, 0.29) is 24.5 Å². The summed E-state index contributed by atoms with van der Waals surface area (Å²) in [7, 11) is 0. The fraction of sp³-hybridized carbons (Fsp3) is 0.429. The minimum absolute atomic E-state index is 0.0591. The number of rotatable bonds is 10. The van der Waals surface area contributed by atoms with Crippen molar-refractivity contribution in [2.45, 2.75) is 31.4 Å². The first-order chi connectivity index (χ1) is 16.0. The number of amides is 2. The van der Waals surface area contributed by atoms with Gasteiger partial charge in [-0.05, 0) is 18.4 Å². The smallest absolute Gasteiger partial charge is 0.351 e. The van der Waals surface area contributed by atoms with Crippen molar-refractivity contribution in [2.24, 2.45) is 0 Å². The van der Waals surface area contributed by atoms with Crippen molar-refractivity contribution >= 4 is 29.4 Å². The Morgan fingerprint density at radius 3 is 2.79 bits per heavy atom. The Morgan fingerprint density at radius 2 is 2.12 bits per heavy atom. The molecule has 2 aromatic rings. The Kier molecular flexibility index (Phi) is 8.95. The topological polar surface area (TPSA) is 132 Å². The average molecular weight is 481 g/mol. The minimum Gasteiger partial charge on any atom is -0.394 e. The molecular weight excluding hydrogens is 455 g/mol. The highest BCUT2D eigenvalue weighted by Gasteiger charge is 2.37. The molecule has 10 nitrogen and oxygen atoms in total. The van der Waals surface area contributed by atoms with Crippen LogP contribution in [0.2, 0.25) is 0 Å². The maximum Gasteiger partial charge on any atom is 0.351 e. The van der Waals surface area contributed by atoms with Gasteiger partial charge in [0.2, 0.25) is 0 Å². The highest BCUT2D eigenvalue weighted by atomic mass is 32.2. The van der Waals surface area contributed by atoms with E-state index >= 15 is 0 Å². The van der Waals surface area contributed by atoms with Gasteiger partial charge in [0, 0.05) is 30.3 Å². The van der Waals surface area contributed by atoms with Crippen molar-refractivity contribution in [2.75, 3.05) is 30.8 Å². The van der Waals surface area contributed by atoms with Gasteiger partial charge in [0.15, 0.2) is 6.67 Å². The first-order valence-corrected chi connectivity index (χ1v) is 11.5. The van der Waals surface area contributed by atoms with E-state index in [4.69, 9.17) is 9.47 Å². The predicted octanol–water partition coefficient (Wildman–Crippen LogP) is 1.07. The van der Waals surface area contributed by atoms with Gasteiger partial charge in [-0.15, -0.1) is 11.8 Å². The number of halogens is 1. The lowest BCUT2D eigenvalue weighted by molar-refractivity contribution is -0.122. The SMILES string of the molecule is CSCOC1CC(n2cc(CNC(=O)CF)c(NC(=O)c3ccccc3)nc2=O)OC1CO. The molecule has 12 heteroatoms. The highest BCUT2D eigenvalue weighted by molar-refractivity contribution is 7.98. The van der Waals surface area contributed by atoms with Gasteiger partial charge in [0.05, 0.1) is 18.6 Å². The number of carbonyl (C=O) groups is 2. The van der Waals surface area contributed by atoms with Crippen LogP contribution in [-0.2, 0) is 20.8 Å². The Bertz CT molecular complexity index is 1020. The zero-order valence-electron chi connectivity index (χ0n) is 17.9. The van der Waals surface area contributed by atoms with E-state index in [0.717, 1.165) is 0 Å². The second-order valence-corrected chi connectivity index (χ2v) is 8.01. The second kappa shape index (κ2) is 11.9. The summed E-state index contributed by atoms with van der Waals surface area (Å²) >= 11 is 1.47.